The van der Waals surface area contributed by atoms with Crippen molar-refractivity contribution in [2.24, 2.45) is 0 Å². The first-order valence-corrected chi connectivity index (χ1v) is 8.43. The number of ether oxygens (including phenoxy) is 3. The zero-order chi connectivity index (χ0) is 17.2. The van der Waals surface area contributed by atoms with E-state index in [0.717, 1.165) is 17.9 Å². The van der Waals surface area contributed by atoms with Gasteiger partial charge in [0.1, 0.15) is 0 Å². The first-order chi connectivity index (χ1) is 12.2. The van der Waals surface area contributed by atoms with Crippen LogP contribution in [0.25, 0.3) is 10.8 Å². The van der Waals surface area contributed by atoms with Crippen molar-refractivity contribution in [3.63, 3.8) is 0 Å². The van der Waals surface area contributed by atoms with Gasteiger partial charge in [-0.05, 0) is 47.0 Å². The number of nitrogens with one attached hydrogen (secondary N) is 1. The molecule has 0 spiro atoms. The molecule has 0 bridgehead atoms. The summed E-state index contributed by atoms with van der Waals surface area (Å²) in [5.74, 6) is 2.15. The van der Waals surface area contributed by atoms with Crippen LogP contribution in [0.1, 0.15) is 24.1 Å². The molecule has 3 aromatic carbocycles. The molecular weight excluding hydrogens is 314 g/mol. The predicted molar refractivity (Wildman–Crippen MR) is 98.3 cm³/mol. The van der Waals surface area contributed by atoms with E-state index in [1.807, 2.05) is 12.1 Å². The van der Waals surface area contributed by atoms with Gasteiger partial charge in [0.15, 0.2) is 11.5 Å². The van der Waals surface area contributed by atoms with Crippen molar-refractivity contribution in [1.82, 2.24) is 5.32 Å². The lowest BCUT2D eigenvalue weighted by atomic mass is 10.0. The summed E-state index contributed by atoms with van der Waals surface area (Å²) in [6.07, 6.45) is 0. The van der Waals surface area contributed by atoms with Gasteiger partial charge in [-0.25, -0.2) is 0 Å². The minimum absolute atomic E-state index is 0.237. The Morgan fingerprint density at radius 2 is 1.88 bits per heavy atom. The zero-order valence-corrected chi connectivity index (χ0v) is 14.4. The summed E-state index contributed by atoms with van der Waals surface area (Å²) in [6.45, 7) is 3.14. The van der Waals surface area contributed by atoms with E-state index in [1.165, 1.54) is 16.3 Å². The predicted octanol–water partition coefficient (Wildman–Crippen LogP) is 4.43. The van der Waals surface area contributed by atoms with E-state index in [1.54, 1.807) is 7.11 Å². The summed E-state index contributed by atoms with van der Waals surface area (Å²) in [4.78, 5) is 0. The molecule has 25 heavy (non-hydrogen) atoms. The molecule has 1 N–H and O–H groups in total. The Bertz CT molecular complexity index is 907. The highest BCUT2D eigenvalue weighted by atomic mass is 16.7. The molecule has 3 aromatic rings. The molecule has 128 valence electrons. The van der Waals surface area contributed by atoms with Crippen molar-refractivity contribution >= 4 is 10.8 Å². The Hall–Kier alpha value is -2.72. The van der Waals surface area contributed by atoms with Crippen molar-refractivity contribution < 1.29 is 14.2 Å². The van der Waals surface area contributed by atoms with Crippen molar-refractivity contribution in [2.45, 2.75) is 19.5 Å². The van der Waals surface area contributed by atoms with Crippen molar-refractivity contribution in [3.05, 3.63) is 65.7 Å². The summed E-state index contributed by atoms with van der Waals surface area (Å²) < 4.78 is 16.3. The fraction of sp³-hybridized carbons (Fsp3) is 0.238. The maximum absolute atomic E-state index is 5.49. The largest absolute Gasteiger partial charge is 0.493 e. The minimum Gasteiger partial charge on any atom is -0.493 e. The molecule has 0 amide bonds. The SMILES string of the molecule is COc1cc(CNC(C)c2ccc3ccccc3c2)cc2c1OCO2. The summed E-state index contributed by atoms with van der Waals surface area (Å²) in [7, 11) is 1.65. The molecule has 0 aromatic heterocycles. The Kier molecular flexibility index (Phi) is 4.20. The van der Waals surface area contributed by atoms with Gasteiger partial charge in [0.05, 0.1) is 7.11 Å². The molecule has 0 aliphatic carbocycles. The first kappa shape index (κ1) is 15.8. The third kappa shape index (κ3) is 3.13. The van der Waals surface area contributed by atoms with E-state index >= 15 is 0 Å². The molecule has 1 heterocycles. The van der Waals surface area contributed by atoms with Crippen LogP contribution in [-0.2, 0) is 6.54 Å². The van der Waals surface area contributed by atoms with Crippen LogP contribution >= 0.6 is 0 Å². The lowest BCUT2D eigenvalue weighted by molar-refractivity contribution is 0.171. The second-order valence-corrected chi connectivity index (χ2v) is 6.24. The molecule has 4 rings (SSSR count). The van der Waals surface area contributed by atoms with Crippen LogP contribution in [0.15, 0.2) is 54.6 Å². The Balaban J connectivity index is 1.50. The summed E-state index contributed by atoms with van der Waals surface area (Å²) in [5.41, 5.74) is 2.38. The fourth-order valence-corrected chi connectivity index (χ4v) is 3.15. The summed E-state index contributed by atoms with van der Waals surface area (Å²) in [5, 5.41) is 6.10. The lowest BCUT2D eigenvalue weighted by Crippen LogP contribution is -2.18. The van der Waals surface area contributed by atoms with Crippen molar-refractivity contribution in [3.8, 4) is 17.2 Å². The van der Waals surface area contributed by atoms with Crippen LogP contribution in [-0.4, -0.2) is 13.9 Å². The maximum Gasteiger partial charge on any atom is 0.231 e. The van der Waals surface area contributed by atoms with E-state index in [0.29, 0.717) is 11.5 Å². The van der Waals surface area contributed by atoms with E-state index in [9.17, 15) is 0 Å². The van der Waals surface area contributed by atoms with Crippen molar-refractivity contribution in [2.75, 3.05) is 13.9 Å². The highest BCUT2D eigenvalue weighted by Gasteiger charge is 2.20. The van der Waals surface area contributed by atoms with Crippen LogP contribution in [0.3, 0.4) is 0 Å². The molecule has 1 aliphatic rings. The number of hydrogen-bond acceptors (Lipinski definition) is 4. The maximum atomic E-state index is 5.49. The van der Waals surface area contributed by atoms with E-state index < -0.39 is 0 Å². The molecular formula is C21H21NO3. The number of hydrogen-bond donors (Lipinski definition) is 1. The van der Waals surface area contributed by atoms with Gasteiger partial charge < -0.3 is 19.5 Å². The number of rotatable bonds is 5. The van der Waals surface area contributed by atoms with E-state index in [4.69, 9.17) is 14.2 Å². The number of fused-ring (bicyclic) bond motifs is 2. The molecule has 0 saturated heterocycles. The molecule has 0 radical (unpaired) electrons. The van der Waals surface area contributed by atoms with Crippen molar-refractivity contribution in [1.29, 1.82) is 0 Å². The monoisotopic (exact) mass is 335 g/mol. The van der Waals surface area contributed by atoms with Gasteiger partial charge in [-0.15, -0.1) is 0 Å². The van der Waals surface area contributed by atoms with E-state index in [-0.39, 0.29) is 12.8 Å². The highest BCUT2D eigenvalue weighted by molar-refractivity contribution is 5.83. The molecule has 4 nitrogen and oxygen atoms in total. The van der Waals surface area contributed by atoms with Crippen LogP contribution in [0.2, 0.25) is 0 Å². The quantitative estimate of drug-likeness (QED) is 0.749. The number of benzene rings is 3. The molecule has 1 atom stereocenters. The first-order valence-electron chi connectivity index (χ1n) is 8.43. The zero-order valence-electron chi connectivity index (χ0n) is 14.4. The van der Waals surface area contributed by atoms with Gasteiger partial charge in [-0.3, -0.25) is 0 Å². The second kappa shape index (κ2) is 6.65. The molecule has 1 unspecified atom stereocenters. The smallest absolute Gasteiger partial charge is 0.231 e. The van der Waals surface area contributed by atoms with Gasteiger partial charge in [-0.1, -0.05) is 36.4 Å². The van der Waals surface area contributed by atoms with Gasteiger partial charge >= 0.3 is 0 Å². The molecule has 1 aliphatic heterocycles. The normalized spacial score (nSPS) is 13.8. The Labute approximate surface area is 147 Å². The van der Waals surface area contributed by atoms with Gasteiger partial charge in [0, 0.05) is 12.6 Å². The lowest BCUT2D eigenvalue weighted by Gasteiger charge is -2.16. The van der Waals surface area contributed by atoms with Crippen LogP contribution in [0.4, 0.5) is 0 Å². The summed E-state index contributed by atoms with van der Waals surface area (Å²) in [6, 6.07) is 19.3. The fourth-order valence-electron chi connectivity index (χ4n) is 3.15. The van der Waals surface area contributed by atoms with Crippen LogP contribution < -0.4 is 19.5 Å². The standard InChI is InChI=1S/C21H21NO3/c1-14(17-8-7-16-5-3-4-6-18(16)11-17)22-12-15-9-19(23-2)21-20(10-15)24-13-25-21/h3-11,14,22H,12-13H2,1-2H3. The van der Waals surface area contributed by atoms with E-state index in [2.05, 4.69) is 54.7 Å². The van der Waals surface area contributed by atoms with Gasteiger partial charge in [0.2, 0.25) is 12.5 Å². The highest BCUT2D eigenvalue weighted by Crippen LogP contribution is 2.41. The molecule has 4 heteroatoms. The average molecular weight is 335 g/mol. The molecule has 0 fully saturated rings. The molecule has 0 saturated carbocycles. The van der Waals surface area contributed by atoms with Crippen LogP contribution in [0.5, 0.6) is 17.2 Å². The van der Waals surface area contributed by atoms with Crippen LogP contribution in [0, 0.1) is 0 Å². The summed E-state index contributed by atoms with van der Waals surface area (Å²) >= 11 is 0. The third-order valence-electron chi connectivity index (χ3n) is 4.60. The third-order valence-corrected chi connectivity index (χ3v) is 4.60. The number of methoxy groups -OCH3 is 1. The Morgan fingerprint density at radius 3 is 2.72 bits per heavy atom. The second-order valence-electron chi connectivity index (χ2n) is 6.24. The topological polar surface area (TPSA) is 39.7 Å². The minimum atomic E-state index is 0.237. The van der Waals surface area contributed by atoms with Gasteiger partial charge in [0.25, 0.3) is 0 Å². The Morgan fingerprint density at radius 1 is 1.04 bits per heavy atom. The average Bonchev–Trinajstić information content (AvgIpc) is 3.13. The van der Waals surface area contributed by atoms with Gasteiger partial charge in [-0.2, -0.15) is 0 Å².